The van der Waals surface area contributed by atoms with Crippen molar-refractivity contribution in [2.45, 2.75) is 32.3 Å². The molecule has 44 heavy (non-hydrogen) atoms. The second-order valence-electron chi connectivity index (χ2n) is 11.3. The summed E-state index contributed by atoms with van der Waals surface area (Å²) in [5.41, 5.74) is 1.14. The Hall–Kier alpha value is -4.93. The number of benzene rings is 2. The minimum absolute atomic E-state index is 0.0220. The average Bonchev–Trinajstić information content (AvgIpc) is 3.73. The summed E-state index contributed by atoms with van der Waals surface area (Å²) in [6.45, 7) is 2.80. The van der Waals surface area contributed by atoms with Crippen LogP contribution in [0.1, 0.15) is 37.4 Å². The summed E-state index contributed by atoms with van der Waals surface area (Å²) in [6, 6.07) is 5.37. The number of pyridine rings is 1. The zero-order valence-electron chi connectivity index (χ0n) is 24.7. The first-order chi connectivity index (χ1) is 21.2. The number of phenolic OH excluding ortho intramolecular Hbond substituents is 1. The topological polar surface area (TPSA) is 94.8 Å². The predicted octanol–water partition coefficient (Wildman–Crippen LogP) is 4.99. The van der Waals surface area contributed by atoms with E-state index in [1.54, 1.807) is 6.92 Å². The van der Waals surface area contributed by atoms with Crippen LogP contribution in [0.5, 0.6) is 11.8 Å². The van der Waals surface area contributed by atoms with E-state index in [2.05, 4.69) is 33.9 Å². The highest BCUT2D eigenvalue weighted by Crippen LogP contribution is 2.41. The zero-order valence-corrected chi connectivity index (χ0v) is 24.7. The highest BCUT2D eigenvalue weighted by molar-refractivity contribution is 6.04. The molecule has 1 saturated heterocycles. The molecule has 0 bridgehead atoms. The van der Waals surface area contributed by atoms with Gasteiger partial charge in [-0.3, -0.25) is 0 Å². The van der Waals surface area contributed by atoms with Crippen LogP contribution in [0.3, 0.4) is 0 Å². The summed E-state index contributed by atoms with van der Waals surface area (Å²) < 4.78 is 37.7. The number of rotatable bonds is 6. The lowest BCUT2D eigenvalue weighted by atomic mass is 9.95. The van der Waals surface area contributed by atoms with Crippen LogP contribution >= 0.6 is 0 Å². The normalized spacial score (nSPS) is 18.7. The second-order valence-corrected chi connectivity index (χ2v) is 11.3. The molecule has 0 spiro atoms. The fraction of sp³-hybridized carbons (Fsp3) is 0.324. The van der Waals surface area contributed by atoms with Crippen LogP contribution in [0.25, 0.3) is 32.9 Å². The van der Waals surface area contributed by atoms with Crippen LogP contribution in [-0.4, -0.2) is 70.0 Å². The Kier molecular flexibility index (Phi) is 7.71. The van der Waals surface area contributed by atoms with Gasteiger partial charge in [0.2, 0.25) is 0 Å². The summed E-state index contributed by atoms with van der Waals surface area (Å²) >= 11 is 0. The van der Waals surface area contributed by atoms with E-state index in [9.17, 15) is 14.6 Å². The molecular formula is C34H31F2N5O3. The monoisotopic (exact) mass is 595 g/mol. The van der Waals surface area contributed by atoms with Gasteiger partial charge < -0.3 is 24.7 Å². The molecule has 2 atom stereocenters. The van der Waals surface area contributed by atoms with Crippen LogP contribution in [0.2, 0.25) is 0 Å². The number of aromatic hydroxyl groups is 1. The van der Waals surface area contributed by atoms with Crippen molar-refractivity contribution < 1.29 is 23.7 Å². The van der Waals surface area contributed by atoms with Crippen molar-refractivity contribution in [2.75, 3.05) is 38.7 Å². The van der Waals surface area contributed by atoms with Gasteiger partial charge in [0.25, 0.3) is 0 Å². The summed E-state index contributed by atoms with van der Waals surface area (Å²) in [5, 5.41) is 21.9. The maximum atomic E-state index is 16.8. The van der Waals surface area contributed by atoms with Gasteiger partial charge in [0, 0.05) is 44.1 Å². The van der Waals surface area contributed by atoms with Gasteiger partial charge in [-0.15, -0.1) is 6.42 Å². The van der Waals surface area contributed by atoms with Crippen LogP contribution in [-0.2, 0) is 0 Å². The first-order valence-corrected chi connectivity index (χ1v) is 14.4. The van der Waals surface area contributed by atoms with E-state index in [1.165, 1.54) is 29.8 Å². The first-order valence-electron chi connectivity index (χ1n) is 14.4. The zero-order chi connectivity index (χ0) is 31.1. The number of terminal acetylenes is 1. The van der Waals surface area contributed by atoms with E-state index in [0.717, 1.165) is 6.42 Å². The minimum atomic E-state index is -0.827. The Morgan fingerprint density at radius 2 is 2.00 bits per heavy atom. The maximum Gasteiger partial charge on any atom is 0.319 e. The Labute approximate surface area is 254 Å². The van der Waals surface area contributed by atoms with Crippen LogP contribution in [0.4, 0.5) is 14.6 Å². The molecule has 6 rings (SSSR count). The fourth-order valence-electron chi connectivity index (χ4n) is 5.77. The number of ether oxygens (including phenoxy) is 1. The van der Waals surface area contributed by atoms with E-state index in [0.29, 0.717) is 37.2 Å². The number of aliphatic hydroxyl groups is 1. The third kappa shape index (κ3) is 5.45. The van der Waals surface area contributed by atoms with Gasteiger partial charge in [-0.1, -0.05) is 17.9 Å². The van der Waals surface area contributed by atoms with Crippen molar-refractivity contribution in [1.29, 1.82) is 0 Å². The number of halogens is 2. The standard InChI is InChI=1S/C34H31F2N5O3/c1-5-8-27-29-32(30(36)31(37-27)25-15-23(43)14-19-10-11-26(35)24(6-2)28(19)25)38-34(44-18-21-13-20(21)16-40(3)4)39-33(29)41-12-7-9-22(42)17-41/h2,10-11,14-16,21-22,42-43H,7,9,12-13,17-18H2,1,3-4H3/t21?,22-/m1/s1. The van der Waals surface area contributed by atoms with Crippen molar-refractivity contribution >= 4 is 27.5 Å². The molecule has 2 fully saturated rings. The third-order valence-corrected chi connectivity index (χ3v) is 7.82. The molecule has 2 N–H and O–H groups in total. The summed E-state index contributed by atoms with van der Waals surface area (Å²) in [5.74, 6) is 7.05. The Morgan fingerprint density at radius 1 is 1.18 bits per heavy atom. The molecule has 10 heteroatoms. The first kappa shape index (κ1) is 29.2. The highest BCUT2D eigenvalue weighted by Gasteiger charge is 2.32. The maximum absolute atomic E-state index is 16.8. The van der Waals surface area contributed by atoms with Crippen LogP contribution in [0, 0.1) is 41.7 Å². The van der Waals surface area contributed by atoms with Gasteiger partial charge in [0.05, 0.1) is 23.7 Å². The molecule has 1 saturated carbocycles. The number of anilines is 1. The van der Waals surface area contributed by atoms with E-state index in [4.69, 9.17) is 16.1 Å². The van der Waals surface area contributed by atoms with Gasteiger partial charge in [0.15, 0.2) is 5.82 Å². The Bertz CT molecular complexity index is 1940. The second kappa shape index (κ2) is 11.6. The molecule has 2 aromatic heterocycles. The van der Waals surface area contributed by atoms with Gasteiger partial charge >= 0.3 is 6.01 Å². The van der Waals surface area contributed by atoms with Gasteiger partial charge in [-0.25, -0.2) is 13.8 Å². The lowest BCUT2D eigenvalue weighted by Gasteiger charge is -2.32. The van der Waals surface area contributed by atoms with Gasteiger partial charge in [-0.2, -0.15) is 9.97 Å². The third-order valence-electron chi connectivity index (χ3n) is 7.82. The number of aliphatic hydroxyl groups excluding tert-OH is 1. The van der Waals surface area contributed by atoms with Crippen LogP contribution in [0.15, 0.2) is 36.0 Å². The van der Waals surface area contributed by atoms with Crippen molar-refractivity contribution in [1.82, 2.24) is 19.9 Å². The average molecular weight is 596 g/mol. The number of aromatic nitrogens is 3. The SMILES string of the molecule is C#Cc1c(F)ccc2cc(O)cc(-c3nc(C#CC)c4c(N5CCC[C@@H](O)C5)nc(OCC5CC5=CN(C)C)nc4c3F)c12. The quantitative estimate of drug-likeness (QED) is 0.302. The molecule has 2 aromatic carbocycles. The van der Waals surface area contributed by atoms with Crippen molar-refractivity contribution in [3.05, 3.63) is 58.9 Å². The number of hydrogen-bond donors (Lipinski definition) is 2. The van der Waals surface area contributed by atoms with Gasteiger partial charge in [-0.05, 0) is 67.5 Å². The van der Waals surface area contributed by atoms with Crippen molar-refractivity contribution in [3.63, 3.8) is 0 Å². The van der Waals surface area contributed by atoms with E-state index >= 15 is 4.39 Å². The smallest absolute Gasteiger partial charge is 0.319 e. The molecule has 2 aliphatic rings. The molecular weight excluding hydrogens is 564 g/mol. The molecule has 224 valence electrons. The predicted molar refractivity (Wildman–Crippen MR) is 165 cm³/mol. The number of nitrogens with zero attached hydrogens (tertiary/aromatic N) is 5. The fourth-order valence-corrected chi connectivity index (χ4v) is 5.77. The lowest BCUT2D eigenvalue weighted by molar-refractivity contribution is 0.154. The number of β-amino-alcohol motifs (C(OH)–C–C–N with tert-alkyl or cyclic N) is 1. The summed E-state index contributed by atoms with van der Waals surface area (Å²) in [6.07, 6.45) is 9.38. The number of fused-ring (bicyclic) bond motifs is 2. The Morgan fingerprint density at radius 3 is 2.73 bits per heavy atom. The summed E-state index contributed by atoms with van der Waals surface area (Å²) in [7, 11) is 3.91. The Balaban J connectivity index is 1.59. The number of piperidine rings is 1. The number of hydrogen-bond acceptors (Lipinski definition) is 8. The number of phenols is 1. The molecule has 1 unspecified atom stereocenters. The molecule has 0 radical (unpaired) electrons. The van der Waals surface area contributed by atoms with E-state index in [1.807, 2.05) is 23.9 Å². The van der Waals surface area contributed by atoms with Crippen LogP contribution < -0.4 is 9.64 Å². The highest BCUT2D eigenvalue weighted by atomic mass is 19.1. The van der Waals surface area contributed by atoms with E-state index < -0.39 is 17.7 Å². The van der Waals surface area contributed by atoms with Gasteiger partial charge in [0.1, 0.15) is 34.3 Å². The molecule has 0 amide bonds. The minimum Gasteiger partial charge on any atom is -0.508 e. The lowest BCUT2D eigenvalue weighted by Crippen LogP contribution is -2.39. The van der Waals surface area contributed by atoms with Crippen molar-refractivity contribution in [2.24, 2.45) is 5.92 Å². The summed E-state index contributed by atoms with van der Waals surface area (Å²) in [4.78, 5) is 17.7. The van der Waals surface area contributed by atoms with E-state index in [-0.39, 0.29) is 63.0 Å². The largest absolute Gasteiger partial charge is 0.508 e. The molecule has 4 aromatic rings. The van der Waals surface area contributed by atoms with Crippen molar-refractivity contribution in [3.8, 4) is 47.2 Å². The molecule has 8 nitrogen and oxygen atoms in total. The molecule has 1 aliphatic carbocycles. The molecule has 1 aliphatic heterocycles. The molecule has 3 heterocycles.